The van der Waals surface area contributed by atoms with Crippen molar-refractivity contribution in [1.82, 2.24) is 4.90 Å². The molecule has 0 spiro atoms. The summed E-state index contributed by atoms with van der Waals surface area (Å²) in [6.45, 7) is 2.46. The van der Waals surface area contributed by atoms with E-state index in [0.717, 1.165) is 12.8 Å². The molecule has 0 saturated heterocycles. The molecule has 0 radical (unpaired) electrons. The number of hydrogen-bond acceptors (Lipinski definition) is 5. The SMILES string of the molecule is CCCCCCCCCCCCCCCCCCC(=O)C(CO)N(CCO)CCO. The van der Waals surface area contributed by atoms with Crippen LogP contribution in [0.25, 0.3) is 0 Å². The maximum atomic E-state index is 12.3. The summed E-state index contributed by atoms with van der Waals surface area (Å²) in [5, 5.41) is 27.7. The molecule has 0 aromatic carbocycles. The normalized spacial score (nSPS) is 12.6. The van der Waals surface area contributed by atoms with Gasteiger partial charge in [-0.2, -0.15) is 0 Å². The van der Waals surface area contributed by atoms with Gasteiger partial charge in [0.05, 0.1) is 25.9 Å². The second-order valence-electron chi connectivity index (χ2n) is 8.70. The van der Waals surface area contributed by atoms with Gasteiger partial charge in [0.2, 0.25) is 0 Å². The van der Waals surface area contributed by atoms with Gasteiger partial charge in [-0.15, -0.1) is 0 Å². The van der Waals surface area contributed by atoms with E-state index in [-0.39, 0.29) is 25.6 Å². The third-order valence-corrected chi connectivity index (χ3v) is 6.04. The topological polar surface area (TPSA) is 81.0 Å². The van der Waals surface area contributed by atoms with Gasteiger partial charge in [-0.25, -0.2) is 0 Å². The fourth-order valence-electron chi connectivity index (χ4n) is 4.12. The summed E-state index contributed by atoms with van der Waals surface area (Å²) < 4.78 is 0. The Labute approximate surface area is 186 Å². The first-order valence-electron chi connectivity index (χ1n) is 12.8. The number of aliphatic hydroxyl groups excluding tert-OH is 3. The van der Waals surface area contributed by atoms with Crippen LogP contribution in [0.4, 0.5) is 0 Å². The Hall–Kier alpha value is -0.490. The van der Waals surface area contributed by atoms with E-state index in [4.69, 9.17) is 10.2 Å². The molecular weight excluding hydrogens is 378 g/mol. The lowest BCUT2D eigenvalue weighted by Gasteiger charge is -2.28. The molecule has 0 rings (SSSR count). The lowest BCUT2D eigenvalue weighted by atomic mass is 10.0. The zero-order valence-corrected chi connectivity index (χ0v) is 19.8. The summed E-state index contributed by atoms with van der Waals surface area (Å²) in [5.74, 6) is 0.0183. The highest BCUT2D eigenvalue weighted by molar-refractivity contribution is 5.84. The predicted molar refractivity (Wildman–Crippen MR) is 126 cm³/mol. The monoisotopic (exact) mass is 429 g/mol. The minimum Gasteiger partial charge on any atom is -0.395 e. The van der Waals surface area contributed by atoms with Crippen LogP contribution in [0.15, 0.2) is 0 Å². The zero-order valence-electron chi connectivity index (χ0n) is 19.8. The average molecular weight is 430 g/mol. The van der Waals surface area contributed by atoms with Crippen molar-refractivity contribution in [1.29, 1.82) is 0 Å². The van der Waals surface area contributed by atoms with E-state index in [1.807, 2.05) is 0 Å². The quantitative estimate of drug-likeness (QED) is 0.191. The first-order chi connectivity index (χ1) is 14.7. The summed E-state index contributed by atoms with van der Waals surface area (Å²) in [5.41, 5.74) is 0. The maximum absolute atomic E-state index is 12.3. The summed E-state index contributed by atoms with van der Waals surface area (Å²) >= 11 is 0. The van der Waals surface area contributed by atoms with Crippen LogP contribution in [0.2, 0.25) is 0 Å². The predicted octanol–water partition coefficient (Wildman–Crippen LogP) is 4.85. The van der Waals surface area contributed by atoms with Crippen LogP contribution in [-0.2, 0) is 4.79 Å². The van der Waals surface area contributed by atoms with Crippen LogP contribution >= 0.6 is 0 Å². The summed E-state index contributed by atoms with van der Waals surface area (Å²) in [4.78, 5) is 14.0. The number of carbonyl (C=O) groups is 1. The highest BCUT2D eigenvalue weighted by Crippen LogP contribution is 2.14. The minimum atomic E-state index is -0.597. The fraction of sp³-hybridized carbons (Fsp3) is 0.960. The standard InChI is InChI=1S/C25H51NO4/c1-2-3-4-5-6-7-8-9-10-11-12-13-14-15-16-17-18-25(30)24(23-29)26(19-21-27)20-22-28/h24,27-29H,2-23H2,1H3. The lowest BCUT2D eigenvalue weighted by molar-refractivity contribution is -0.126. The van der Waals surface area contributed by atoms with Crippen molar-refractivity contribution in [3.8, 4) is 0 Å². The van der Waals surface area contributed by atoms with Crippen LogP contribution in [0, 0.1) is 0 Å². The zero-order chi connectivity index (χ0) is 22.3. The smallest absolute Gasteiger partial charge is 0.152 e. The Balaban J connectivity index is 3.52. The van der Waals surface area contributed by atoms with Crippen molar-refractivity contribution in [3.05, 3.63) is 0 Å². The highest BCUT2D eigenvalue weighted by Gasteiger charge is 2.23. The van der Waals surface area contributed by atoms with E-state index < -0.39 is 6.04 Å². The molecule has 0 amide bonds. The lowest BCUT2D eigenvalue weighted by Crippen LogP contribution is -2.46. The van der Waals surface area contributed by atoms with Gasteiger partial charge in [-0.1, -0.05) is 103 Å². The Morgan fingerprint density at radius 3 is 1.33 bits per heavy atom. The molecule has 0 aliphatic carbocycles. The van der Waals surface area contributed by atoms with E-state index in [9.17, 15) is 9.90 Å². The van der Waals surface area contributed by atoms with E-state index in [2.05, 4.69) is 6.92 Å². The van der Waals surface area contributed by atoms with Crippen molar-refractivity contribution in [3.63, 3.8) is 0 Å². The van der Waals surface area contributed by atoms with E-state index >= 15 is 0 Å². The molecule has 0 saturated carbocycles. The number of unbranched alkanes of at least 4 members (excludes halogenated alkanes) is 15. The van der Waals surface area contributed by atoms with Crippen molar-refractivity contribution in [2.24, 2.45) is 0 Å². The van der Waals surface area contributed by atoms with E-state index in [1.165, 1.54) is 89.9 Å². The third-order valence-electron chi connectivity index (χ3n) is 6.04. The van der Waals surface area contributed by atoms with Gasteiger partial charge in [0.25, 0.3) is 0 Å². The van der Waals surface area contributed by atoms with Gasteiger partial charge in [0, 0.05) is 19.5 Å². The van der Waals surface area contributed by atoms with Gasteiger partial charge in [-0.05, 0) is 6.42 Å². The number of hydrogen-bond donors (Lipinski definition) is 3. The molecule has 0 aromatic rings. The second kappa shape index (κ2) is 23.2. The molecule has 1 unspecified atom stereocenters. The van der Waals surface area contributed by atoms with Gasteiger partial charge >= 0.3 is 0 Å². The largest absolute Gasteiger partial charge is 0.395 e. The Bertz CT molecular complexity index is 359. The average Bonchev–Trinajstić information content (AvgIpc) is 2.74. The van der Waals surface area contributed by atoms with Crippen molar-refractivity contribution in [2.45, 2.75) is 122 Å². The van der Waals surface area contributed by atoms with Crippen LogP contribution in [0.3, 0.4) is 0 Å². The van der Waals surface area contributed by atoms with Crippen molar-refractivity contribution in [2.75, 3.05) is 32.9 Å². The van der Waals surface area contributed by atoms with Crippen molar-refractivity contribution < 1.29 is 20.1 Å². The molecule has 1 atom stereocenters. The molecule has 0 heterocycles. The molecule has 0 aliphatic rings. The van der Waals surface area contributed by atoms with Crippen LogP contribution in [-0.4, -0.2) is 65.0 Å². The Kier molecular flexibility index (Phi) is 22.8. The third kappa shape index (κ3) is 17.2. The van der Waals surface area contributed by atoms with Crippen molar-refractivity contribution >= 4 is 5.78 Å². The molecule has 30 heavy (non-hydrogen) atoms. The number of nitrogens with zero attached hydrogens (tertiary/aromatic N) is 1. The van der Waals surface area contributed by atoms with E-state index in [1.54, 1.807) is 4.90 Å². The molecule has 5 nitrogen and oxygen atoms in total. The summed E-state index contributed by atoms with van der Waals surface area (Å²) in [7, 11) is 0. The minimum absolute atomic E-state index is 0.0183. The highest BCUT2D eigenvalue weighted by atomic mass is 16.3. The second-order valence-corrected chi connectivity index (χ2v) is 8.70. The van der Waals surface area contributed by atoms with E-state index in [0.29, 0.717) is 19.5 Å². The molecule has 0 fully saturated rings. The van der Waals surface area contributed by atoms with Gasteiger partial charge in [0.15, 0.2) is 5.78 Å². The number of carbonyl (C=O) groups excluding carboxylic acids is 1. The number of rotatable bonds is 24. The molecule has 180 valence electrons. The van der Waals surface area contributed by atoms with Gasteiger partial charge < -0.3 is 15.3 Å². The maximum Gasteiger partial charge on any atom is 0.152 e. The van der Waals surface area contributed by atoms with Crippen LogP contribution in [0.1, 0.15) is 116 Å². The molecular formula is C25H51NO4. The Morgan fingerprint density at radius 1 is 0.633 bits per heavy atom. The van der Waals surface area contributed by atoms with Crippen LogP contribution < -0.4 is 0 Å². The molecule has 0 aromatic heterocycles. The molecule has 3 N–H and O–H groups in total. The molecule has 0 aliphatic heterocycles. The Morgan fingerprint density at radius 2 is 1.00 bits per heavy atom. The fourth-order valence-corrected chi connectivity index (χ4v) is 4.12. The summed E-state index contributed by atoms with van der Waals surface area (Å²) in [6.07, 6.45) is 21.4. The molecule has 0 bridgehead atoms. The first kappa shape index (κ1) is 29.5. The first-order valence-corrected chi connectivity index (χ1v) is 12.8. The van der Waals surface area contributed by atoms with Gasteiger partial charge in [-0.3, -0.25) is 9.69 Å². The van der Waals surface area contributed by atoms with Gasteiger partial charge in [0.1, 0.15) is 0 Å². The van der Waals surface area contributed by atoms with Crippen LogP contribution in [0.5, 0.6) is 0 Å². The number of Topliss-reactive ketones (excluding diaryl/α,β-unsaturated/α-hetero) is 1. The molecule has 5 heteroatoms. The number of ketones is 1. The summed E-state index contributed by atoms with van der Waals surface area (Å²) in [6, 6.07) is -0.597. The number of aliphatic hydroxyl groups is 3.